The van der Waals surface area contributed by atoms with E-state index in [0.29, 0.717) is 20.9 Å². The van der Waals surface area contributed by atoms with Crippen LogP contribution in [0.2, 0.25) is 10.0 Å². The second-order valence-electron chi connectivity index (χ2n) is 5.35. The Hall–Kier alpha value is -3.01. The van der Waals surface area contributed by atoms with Crippen molar-refractivity contribution in [3.63, 3.8) is 0 Å². The van der Waals surface area contributed by atoms with Crippen molar-refractivity contribution in [3.05, 3.63) is 73.6 Å². The molecule has 3 rings (SSSR count). The summed E-state index contributed by atoms with van der Waals surface area (Å²) in [5.41, 5.74) is 3.40. The topological polar surface area (TPSA) is 118 Å². The minimum Gasteiger partial charge on any atom is -0.476 e. The zero-order valence-corrected chi connectivity index (χ0v) is 16.1. The summed E-state index contributed by atoms with van der Waals surface area (Å²) in [7, 11) is 0. The molecule has 1 heterocycles. The summed E-state index contributed by atoms with van der Waals surface area (Å²) in [6.45, 7) is 0. The van der Waals surface area contributed by atoms with E-state index < -0.39 is 10.9 Å². The first-order valence-electron chi connectivity index (χ1n) is 7.58. The zero-order chi connectivity index (χ0) is 20.3. The van der Waals surface area contributed by atoms with Crippen LogP contribution in [0.4, 0.5) is 10.8 Å². The molecule has 0 bridgehead atoms. The number of thiazole rings is 1. The number of hydrazone groups is 1. The first kappa shape index (κ1) is 19.7. The number of benzene rings is 2. The van der Waals surface area contributed by atoms with Crippen molar-refractivity contribution in [2.24, 2.45) is 5.10 Å². The third-order valence-electron chi connectivity index (χ3n) is 3.52. The number of carboxylic acids is 1. The molecule has 28 heavy (non-hydrogen) atoms. The number of carboxylic acid groups (broad SMARTS) is 1. The Kier molecular flexibility index (Phi) is 5.88. The van der Waals surface area contributed by atoms with Crippen LogP contribution in [0.3, 0.4) is 0 Å². The van der Waals surface area contributed by atoms with Crippen LogP contribution in [-0.2, 0) is 4.79 Å². The fourth-order valence-corrected chi connectivity index (χ4v) is 3.18. The van der Waals surface area contributed by atoms with Crippen molar-refractivity contribution >= 4 is 57.0 Å². The molecule has 142 valence electrons. The van der Waals surface area contributed by atoms with E-state index in [9.17, 15) is 20.0 Å². The highest BCUT2D eigenvalue weighted by atomic mass is 35.5. The lowest BCUT2D eigenvalue weighted by Gasteiger charge is -2.02. The number of nitro benzene ring substituents is 1. The lowest BCUT2D eigenvalue weighted by molar-refractivity contribution is -0.384. The van der Waals surface area contributed by atoms with Gasteiger partial charge in [-0.25, -0.2) is 9.78 Å². The number of hydrogen-bond donors (Lipinski definition) is 2. The summed E-state index contributed by atoms with van der Waals surface area (Å²) < 4.78 is 0. The van der Waals surface area contributed by atoms with Gasteiger partial charge in [0, 0.05) is 28.6 Å². The van der Waals surface area contributed by atoms with Crippen LogP contribution in [0.1, 0.15) is 5.56 Å². The molecule has 2 N–H and O–H groups in total. The van der Waals surface area contributed by atoms with E-state index in [1.54, 1.807) is 23.6 Å². The first-order chi connectivity index (χ1) is 13.3. The van der Waals surface area contributed by atoms with Crippen molar-refractivity contribution in [2.45, 2.75) is 0 Å². The molecule has 0 radical (unpaired) electrons. The van der Waals surface area contributed by atoms with Crippen molar-refractivity contribution < 1.29 is 14.8 Å². The average Bonchev–Trinajstić information content (AvgIpc) is 3.13. The number of anilines is 1. The second-order valence-corrected chi connectivity index (χ2v) is 7.02. The third-order valence-corrected chi connectivity index (χ3v) is 5.00. The molecular formula is C17H10Cl2N4O4S. The number of halogens is 2. The van der Waals surface area contributed by atoms with Crippen LogP contribution in [0.25, 0.3) is 11.3 Å². The SMILES string of the molecule is O=C(O)/C(=N\Nc1nc(-c2ccc(Cl)c(Cl)c2)cs1)c1cccc([N+](=O)[O-])c1. The molecule has 0 saturated heterocycles. The standard InChI is InChI=1S/C17H10Cl2N4O4S/c18-12-5-4-9(7-13(12)19)14-8-28-17(20-14)22-21-15(16(24)25)10-2-1-3-11(6-10)23(26)27/h1-8H,(H,20,22)(H,24,25)/b21-15-. The number of rotatable bonds is 6. The summed E-state index contributed by atoms with van der Waals surface area (Å²) in [4.78, 5) is 26.1. The molecule has 11 heteroatoms. The van der Waals surface area contributed by atoms with Gasteiger partial charge in [-0.2, -0.15) is 5.10 Å². The quantitative estimate of drug-likeness (QED) is 0.321. The molecule has 0 saturated carbocycles. The Morgan fingerprint density at radius 2 is 2.00 bits per heavy atom. The molecular weight excluding hydrogens is 427 g/mol. The van der Waals surface area contributed by atoms with Gasteiger partial charge in [0.2, 0.25) is 5.13 Å². The van der Waals surface area contributed by atoms with Gasteiger partial charge in [0.05, 0.1) is 20.7 Å². The van der Waals surface area contributed by atoms with E-state index in [4.69, 9.17) is 23.2 Å². The number of non-ortho nitro benzene ring substituents is 1. The monoisotopic (exact) mass is 436 g/mol. The molecule has 0 aliphatic rings. The van der Waals surface area contributed by atoms with Gasteiger partial charge in [-0.15, -0.1) is 11.3 Å². The van der Waals surface area contributed by atoms with E-state index in [2.05, 4.69) is 15.5 Å². The Labute approximate surface area is 172 Å². The Morgan fingerprint density at radius 1 is 1.21 bits per heavy atom. The molecule has 0 aliphatic carbocycles. The maximum absolute atomic E-state index is 11.5. The van der Waals surface area contributed by atoms with Crippen LogP contribution in [-0.4, -0.2) is 26.7 Å². The molecule has 0 fully saturated rings. The van der Waals surface area contributed by atoms with Gasteiger partial charge in [-0.3, -0.25) is 15.5 Å². The molecule has 2 aromatic carbocycles. The van der Waals surface area contributed by atoms with Gasteiger partial charge in [0.15, 0.2) is 5.71 Å². The van der Waals surface area contributed by atoms with Gasteiger partial charge >= 0.3 is 5.97 Å². The average molecular weight is 437 g/mol. The van der Waals surface area contributed by atoms with Gasteiger partial charge in [0.1, 0.15) is 0 Å². The fraction of sp³-hybridized carbons (Fsp3) is 0. The van der Waals surface area contributed by atoms with E-state index in [1.165, 1.54) is 29.5 Å². The summed E-state index contributed by atoms with van der Waals surface area (Å²) in [6.07, 6.45) is 0. The largest absolute Gasteiger partial charge is 0.476 e. The number of hydrogen-bond acceptors (Lipinski definition) is 7. The molecule has 0 amide bonds. The second kappa shape index (κ2) is 8.34. The lowest BCUT2D eigenvalue weighted by Crippen LogP contribution is -2.16. The number of aliphatic carboxylic acids is 1. The minimum atomic E-state index is -1.34. The summed E-state index contributed by atoms with van der Waals surface area (Å²) in [5, 5.41) is 27.0. The van der Waals surface area contributed by atoms with Crippen molar-refractivity contribution in [1.82, 2.24) is 4.98 Å². The zero-order valence-electron chi connectivity index (χ0n) is 13.8. The first-order valence-corrected chi connectivity index (χ1v) is 9.21. The van der Waals surface area contributed by atoms with Crippen LogP contribution >= 0.6 is 34.5 Å². The van der Waals surface area contributed by atoms with Crippen molar-refractivity contribution in [2.75, 3.05) is 5.43 Å². The highest BCUT2D eigenvalue weighted by molar-refractivity contribution is 7.14. The number of nitro groups is 1. The summed E-state index contributed by atoms with van der Waals surface area (Å²) in [6, 6.07) is 10.3. The number of carbonyl (C=O) groups is 1. The van der Waals surface area contributed by atoms with E-state index in [1.807, 2.05) is 0 Å². The number of nitrogens with one attached hydrogen (secondary N) is 1. The van der Waals surface area contributed by atoms with Gasteiger partial charge in [-0.1, -0.05) is 41.4 Å². The Morgan fingerprint density at radius 3 is 2.68 bits per heavy atom. The van der Waals surface area contributed by atoms with E-state index in [0.717, 1.165) is 11.6 Å². The van der Waals surface area contributed by atoms with Gasteiger partial charge in [-0.05, 0) is 12.1 Å². The van der Waals surface area contributed by atoms with E-state index >= 15 is 0 Å². The minimum absolute atomic E-state index is 0.0930. The summed E-state index contributed by atoms with van der Waals surface area (Å²) in [5.74, 6) is -1.34. The third kappa shape index (κ3) is 4.45. The normalized spacial score (nSPS) is 11.3. The smallest absolute Gasteiger partial charge is 0.356 e. The van der Waals surface area contributed by atoms with Crippen molar-refractivity contribution in [1.29, 1.82) is 0 Å². The molecule has 1 aromatic heterocycles. The molecule has 0 spiro atoms. The van der Waals surface area contributed by atoms with Crippen molar-refractivity contribution in [3.8, 4) is 11.3 Å². The molecule has 8 nitrogen and oxygen atoms in total. The number of nitrogens with zero attached hydrogens (tertiary/aromatic N) is 3. The van der Waals surface area contributed by atoms with Crippen LogP contribution in [0.5, 0.6) is 0 Å². The van der Waals surface area contributed by atoms with Gasteiger partial charge in [0.25, 0.3) is 5.69 Å². The molecule has 0 unspecified atom stereocenters. The van der Waals surface area contributed by atoms with E-state index in [-0.39, 0.29) is 17.0 Å². The highest BCUT2D eigenvalue weighted by Crippen LogP contribution is 2.30. The predicted molar refractivity (Wildman–Crippen MR) is 108 cm³/mol. The van der Waals surface area contributed by atoms with Gasteiger partial charge < -0.3 is 5.11 Å². The Balaban J connectivity index is 1.85. The summed E-state index contributed by atoms with van der Waals surface area (Å²) >= 11 is 13.1. The fourth-order valence-electron chi connectivity index (χ4n) is 2.22. The van der Waals surface area contributed by atoms with Crippen LogP contribution in [0.15, 0.2) is 52.9 Å². The van der Waals surface area contributed by atoms with Crippen LogP contribution in [0, 0.1) is 10.1 Å². The maximum atomic E-state index is 11.5. The molecule has 0 atom stereocenters. The van der Waals surface area contributed by atoms with Crippen LogP contribution < -0.4 is 5.43 Å². The predicted octanol–water partition coefficient (Wildman–Crippen LogP) is 4.93. The maximum Gasteiger partial charge on any atom is 0.356 e. The Bertz CT molecular complexity index is 1100. The highest BCUT2D eigenvalue weighted by Gasteiger charge is 2.16. The molecule has 3 aromatic rings. The number of aromatic nitrogens is 1. The lowest BCUT2D eigenvalue weighted by atomic mass is 10.1. The molecule has 0 aliphatic heterocycles.